The molecule has 1 amide bonds. The van der Waals surface area contributed by atoms with Gasteiger partial charge in [-0.2, -0.15) is 8.42 Å². The Morgan fingerprint density at radius 1 is 1.20 bits per heavy atom. The fourth-order valence-corrected chi connectivity index (χ4v) is 3.16. The summed E-state index contributed by atoms with van der Waals surface area (Å²) in [5.41, 5.74) is 0.446. The maximum Gasteiger partial charge on any atom is 0.410 e. The SMILES string of the molecule is CC(C)(C)OC(=O)N1CCN(Cc2ccccc2)C(OS(C)(=O)=O)C1. The van der Waals surface area contributed by atoms with Crippen LogP contribution in [0.5, 0.6) is 0 Å². The third-order valence-electron chi connectivity index (χ3n) is 3.61. The summed E-state index contributed by atoms with van der Waals surface area (Å²) in [4.78, 5) is 15.7. The number of piperazine rings is 1. The van der Waals surface area contributed by atoms with E-state index in [2.05, 4.69) is 0 Å². The van der Waals surface area contributed by atoms with E-state index in [0.717, 1.165) is 11.8 Å². The largest absolute Gasteiger partial charge is 0.444 e. The van der Waals surface area contributed by atoms with Crippen LogP contribution >= 0.6 is 0 Å². The molecule has 1 saturated heterocycles. The van der Waals surface area contributed by atoms with E-state index >= 15 is 0 Å². The Kier molecular flexibility index (Phi) is 6.08. The third kappa shape index (κ3) is 6.64. The average molecular weight is 370 g/mol. The zero-order valence-corrected chi connectivity index (χ0v) is 16.0. The highest BCUT2D eigenvalue weighted by molar-refractivity contribution is 7.86. The van der Waals surface area contributed by atoms with E-state index in [-0.39, 0.29) is 6.54 Å². The first-order valence-corrected chi connectivity index (χ1v) is 9.99. The van der Waals surface area contributed by atoms with E-state index in [1.807, 2.05) is 35.2 Å². The molecule has 25 heavy (non-hydrogen) atoms. The highest BCUT2D eigenvalue weighted by atomic mass is 32.2. The summed E-state index contributed by atoms with van der Waals surface area (Å²) in [5, 5.41) is 0. The minimum atomic E-state index is -3.65. The van der Waals surface area contributed by atoms with Gasteiger partial charge in [-0.05, 0) is 26.3 Å². The number of carbonyl (C=O) groups excluding carboxylic acids is 1. The molecule has 0 radical (unpaired) electrons. The maximum atomic E-state index is 12.3. The van der Waals surface area contributed by atoms with Crippen LogP contribution in [0.15, 0.2) is 30.3 Å². The molecule has 8 heteroatoms. The fourth-order valence-electron chi connectivity index (χ4n) is 2.57. The minimum absolute atomic E-state index is 0.134. The summed E-state index contributed by atoms with van der Waals surface area (Å²) in [5.74, 6) is 0. The molecule has 1 aromatic carbocycles. The molecule has 0 aromatic heterocycles. The molecule has 1 aliphatic rings. The smallest absolute Gasteiger partial charge is 0.410 e. The van der Waals surface area contributed by atoms with Gasteiger partial charge in [0.1, 0.15) is 11.8 Å². The summed E-state index contributed by atoms with van der Waals surface area (Å²) in [6, 6.07) is 9.72. The number of carbonyl (C=O) groups is 1. The molecule has 0 N–H and O–H groups in total. The number of hydrogen-bond donors (Lipinski definition) is 0. The topological polar surface area (TPSA) is 76.2 Å². The van der Waals surface area contributed by atoms with Gasteiger partial charge in [0.2, 0.25) is 0 Å². The van der Waals surface area contributed by atoms with Gasteiger partial charge in [0.15, 0.2) is 0 Å². The van der Waals surface area contributed by atoms with Gasteiger partial charge in [-0.15, -0.1) is 0 Å². The Hall–Kier alpha value is -1.64. The van der Waals surface area contributed by atoms with Crippen LogP contribution in [-0.2, 0) is 25.6 Å². The van der Waals surface area contributed by atoms with Crippen molar-refractivity contribution in [2.24, 2.45) is 0 Å². The van der Waals surface area contributed by atoms with Crippen molar-refractivity contribution in [3.63, 3.8) is 0 Å². The Labute approximate surface area is 149 Å². The van der Waals surface area contributed by atoms with E-state index in [4.69, 9.17) is 8.92 Å². The van der Waals surface area contributed by atoms with E-state index in [0.29, 0.717) is 19.6 Å². The van der Waals surface area contributed by atoms with Crippen LogP contribution in [0, 0.1) is 0 Å². The molecule has 0 aliphatic carbocycles. The quantitative estimate of drug-likeness (QED) is 0.755. The normalized spacial score (nSPS) is 19.7. The van der Waals surface area contributed by atoms with Crippen LogP contribution in [0.4, 0.5) is 4.79 Å². The molecule has 0 bridgehead atoms. The van der Waals surface area contributed by atoms with Crippen LogP contribution in [0.1, 0.15) is 26.3 Å². The summed E-state index contributed by atoms with van der Waals surface area (Å²) in [7, 11) is -3.65. The lowest BCUT2D eigenvalue weighted by molar-refractivity contribution is -0.0492. The Morgan fingerprint density at radius 3 is 2.40 bits per heavy atom. The molecule has 140 valence electrons. The van der Waals surface area contributed by atoms with Crippen LogP contribution in [0.3, 0.4) is 0 Å². The van der Waals surface area contributed by atoms with Gasteiger partial charge >= 0.3 is 6.09 Å². The number of amides is 1. The van der Waals surface area contributed by atoms with Crippen molar-refractivity contribution in [2.75, 3.05) is 25.9 Å². The van der Waals surface area contributed by atoms with Gasteiger partial charge in [0.25, 0.3) is 10.1 Å². The molecule has 2 rings (SSSR count). The third-order valence-corrected chi connectivity index (χ3v) is 4.18. The summed E-state index contributed by atoms with van der Waals surface area (Å²) >= 11 is 0. The number of rotatable bonds is 4. The average Bonchev–Trinajstić information content (AvgIpc) is 2.47. The zero-order chi connectivity index (χ0) is 18.7. The van der Waals surface area contributed by atoms with Crippen LogP contribution < -0.4 is 0 Å². The van der Waals surface area contributed by atoms with Crippen LogP contribution in [0.2, 0.25) is 0 Å². The molecule has 1 heterocycles. The molecular weight excluding hydrogens is 344 g/mol. The summed E-state index contributed by atoms with van der Waals surface area (Å²) in [6.07, 6.45) is -0.189. The van der Waals surface area contributed by atoms with Crippen molar-refractivity contribution in [1.82, 2.24) is 9.80 Å². The predicted molar refractivity (Wildman–Crippen MR) is 94.4 cm³/mol. The van der Waals surface area contributed by atoms with Crippen LogP contribution in [-0.4, -0.2) is 62.0 Å². The molecule has 1 fully saturated rings. The first-order chi connectivity index (χ1) is 11.5. The summed E-state index contributed by atoms with van der Waals surface area (Å²) < 4.78 is 33.8. The standard InChI is InChI=1S/C17H26N2O5S/c1-17(2,3)23-16(20)19-11-10-18(12-14-8-6-5-7-9-14)15(13-19)24-25(4,21)22/h5-9,15H,10-13H2,1-4H3. The first-order valence-electron chi connectivity index (χ1n) is 8.18. The van der Waals surface area contributed by atoms with E-state index < -0.39 is 28.0 Å². The van der Waals surface area contributed by atoms with Crippen molar-refractivity contribution in [2.45, 2.75) is 39.1 Å². The van der Waals surface area contributed by atoms with Gasteiger partial charge in [-0.25, -0.2) is 8.98 Å². The molecular formula is C17H26N2O5S. The molecule has 1 unspecified atom stereocenters. The van der Waals surface area contributed by atoms with Crippen molar-refractivity contribution in [3.05, 3.63) is 35.9 Å². The lowest BCUT2D eigenvalue weighted by Crippen LogP contribution is -2.56. The molecule has 0 saturated carbocycles. The van der Waals surface area contributed by atoms with Crippen LogP contribution in [0.25, 0.3) is 0 Å². The molecule has 7 nitrogen and oxygen atoms in total. The molecule has 1 atom stereocenters. The van der Waals surface area contributed by atoms with Gasteiger partial charge in [0, 0.05) is 19.6 Å². The van der Waals surface area contributed by atoms with Crippen molar-refractivity contribution in [3.8, 4) is 0 Å². The number of nitrogens with zero attached hydrogens (tertiary/aromatic N) is 2. The highest BCUT2D eigenvalue weighted by Crippen LogP contribution is 2.19. The lowest BCUT2D eigenvalue weighted by atomic mass is 10.2. The summed E-state index contributed by atoms with van der Waals surface area (Å²) in [6.45, 7) is 7.00. The van der Waals surface area contributed by atoms with Gasteiger partial charge in [0.05, 0.1) is 12.8 Å². The van der Waals surface area contributed by atoms with Gasteiger partial charge in [-0.1, -0.05) is 30.3 Å². The van der Waals surface area contributed by atoms with Crippen molar-refractivity contribution >= 4 is 16.2 Å². The van der Waals surface area contributed by atoms with E-state index in [9.17, 15) is 13.2 Å². The lowest BCUT2D eigenvalue weighted by Gasteiger charge is -2.40. The Morgan fingerprint density at radius 2 is 1.84 bits per heavy atom. The molecule has 1 aliphatic heterocycles. The van der Waals surface area contributed by atoms with E-state index in [1.54, 1.807) is 20.8 Å². The second kappa shape index (κ2) is 7.72. The van der Waals surface area contributed by atoms with Crippen molar-refractivity contribution in [1.29, 1.82) is 0 Å². The second-order valence-corrected chi connectivity index (χ2v) is 8.74. The minimum Gasteiger partial charge on any atom is -0.444 e. The van der Waals surface area contributed by atoms with E-state index in [1.165, 1.54) is 4.90 Å². The molecule has 1 aromatic rings. The Bertz CT molecular complexity index is 685. The molecule has 0 spiro atoms. The number of benzene rings is 1. The monoisotopic (exact) mass is 370 g/mol. The van der Waals surface area contributed by atoms with Gasteiger partial charge in [-0.3, -0.25) is 4.90 Å². The fraction of sp³-hybridized carbons (Fsp3) is 0.588. The number of ether oxygens (including phenoxy) is 1. The highest BCUT2D eigenvalue weighted by Gasteiger charge is 2.34. The maximum absolute atomic E-state index is 12.3. The van der Waals surface area contributed by atoms with Crippen molar-refractivity contribution < 1.29 is 22.1 Å². The van der Waals surface area contributed by atoms with Gasteiger partial charge < -0.3 is 9.64 Å². The Balaban J connectivity index is 2.10. The number of hydrogen-bond acceptors (Lipinski definition) is 6. The first kappa shape index (κ1) is 19.7. The predicted octanol–water partition coefficient (Wildman–Crippen LogP) is 2.04. The zero-order valence-electron chi connectivity index (χ0n) is 15.1. The second-order valence-electron chi connectivity index (χ2n) is 7.14.